The van der Waals surface area contributed by atoms with Crippen LogP contribution in [0.4, 0.5) is 0 Å². The van der Waals surface area contributed by atoms with Crippen molar-refractivity contribution in [3.63, 3.8) is 0 Å². The van der Waals surface area contributed by atoms with Gasteiger partial charge >= 0.3 is 0 Å². The largest absolute Gasteiger partial charge is 0.391 e. The lowest BCUT2D eigenvalue weighted by molar-refractivity contribution is 0.0921. The van der Waals surface area contributed by atoms with Crippen LogP contribution in [0.3, 0.4) is 0 Å². The van der Waals surface area contributed by atoms with Gasteiger partial charge in [-0.2, -0.15) is 5.10 Å². The van der Waals surface area contributed by atoms with Crippen LogP contribution in [-0.4, -0.2) is 46.5 Å². The molecule has 1 amide bonds. The van der Waals surface area contributed by atoms with Gasteiger partial charge in [-0.3, -0.25) is 4.79 Å². The van der Waals surface area contributed by atoms with Gasteiger partial charge in [-0.15, -0.1) is 0 Å². The van der Waals surface area contributed by atoms with E-state index in [4.69, 9.17) is 0 Å². The van der Waals surface area contributed by atoms with Crippen LogP contribution in [-0.2, 0) is 12.8 Å². The Labute approximate surface area is 140 Å². The predicted octanol–water partition coefficient (Wildman–Crippen LogP) is 0.671. The summed E-state index contributed by atoms with van der Waals surface area (Å²) in [6.45, 7) is 1.80. The van der Waals surface area contributed by atoms with Crippen molar-refractivity contribution in [3.8, 4) is 5.69 Å². The Balaban J connectivity index is 1.56. The van der Waals surface area contributed by atoms with Crippen molar-refractivity contribution in [3.05, 3.63) is 47.3 Å². The number of aliphatic hydroxyl groups excluding tert-OH is 1. The predicted molar refractivity (Wildman–Crippen MR) is 90.3 cm³/mol. The SMILES string of the molecule is O=C(NCC1CNCC1O)c1nn(-c2ccccc2)c2c1CCC2. The highest BCUT2D eigenvalue weighted by Crippen LogP contribution is 2.27. The molecule has 6 nitrogen and oxygen atoms in total. The topological polar surface area (TPSA) is 79.2 Å². The van der Waals surface area contributed by atoms with Gasteiger partial charge in [0.2, 0.25) is 0 Å². The summed E-state index contributed by atoms with van der Waals surface area (Å²) in [5.74, 6) is -0.0693. The molecular formula is C18H22N4O2. The third kappa shape index (κ3) is 2.72. The molecule has 3 N–H and O–H groups in total. The zero-order valence-corrected chi connectivity index (χ0v) is 13.5. The van der Waals surface area contributed by atoms with E-state index in [1.807, 2.05) is 35.0 Å². The number of hydrogen-bond donors (Lipinski definition) is 3. The van der Waals surface area contributed by atoms with Gasteiger partial charge in [-0.05, 0) is 31.4 Å². The molecule has 1 aliphatic carbocycles. The van der Waals surface area contributed by atoms with Crippen LogP contribution in [0.15, 0.2) is 30.3 Å². The fourth-order valence-electron chi connectivity index (χ4n) is 3.64. The number of hydrogen-bond acceptors (Lipinski definition) is 4. The lowest BCUT2D eigenvalue weighted by atomic mass is 10.1. The standard InChI is InChI=1S/C18H22N4O2/c23-16-11-19-9-12(16)10-20-18(24)17-14-7-4-8-15(14)22(21-17)13-5-2-1-3-6-13/h1-3,5-6,12,16,19,23H,4,7-11H2,(H,20,24). The maximum atomic E-state index is 12.6. The Kier molecular flexibility index (Phi) is 4.08. The molecule has 4 rings (SSSR count). The number of para-hydroxylation sites is 1. The maximum absolute atomic E-state index is 12.6. The minimum atomic E-state index is -0.391. The Morgan fingerprint density at radius 3 is 2.88 bits per heavy atom. The molecule has 0 radical (unpaired) electrons. The molecule has 2 atom stereocenters. The number of carbonyl (C=O) groups excluding carboxylic acids is 1. The van der Waals surface area contributed by atoms with Gasteiger partial charge in [0.05, 0.1) is 11.8 Å². The molecule has 1 aromatic heterocycles. The number of rotatable bonds is 4. The van der Waals surface area contributed by atoms with E-state index >= 15 is 0 Å². The quantitative estimate of drug-likeness (QED) is 0.772. The smallest absolute Gasteiger partial charge is 0.272 e. The molecule has 2 aromatic rings. The van der Waals surface area contributed by atoms with Crippen LogP contribution in [0.25, 0.3) is 5.69 Å². The Bertz CT molecular complexity index is 741. The lowest BCUT2D eigenvalue weighted by Gasteiger charge is -2.13. The molecule has 1 aliphatic heterocycles. The molecule has 2 heterocycles. The van der Waals surface area contributed by atoms with Gasteiger partial charge in [0.25, 0.3) is 5.91 Å². The highest BCUT2D eigenvalue weighted by molar-refractivity contribution is 5.94. The van der Waals surface area contributed by atoms with Gasteiger partial charge in [-0.25, -0.2) is 4.68 Å². The van der Waals surface area contributed by atoms with Gasteiger partial charge in [0.15, 0.2) is 5.69 Å². The summed E-state index contributed by atoms with van der Waals surface area (Å²) in [7, 11) is 0. The highest BCUT2D eigenvalue weighted by atomic mass is 16.3. The first-order valence-electron chi connectivity index (χ1n) is 8.57. The van der Waals surface area contributed by atoms with E-state index in [1.165, 1.54) is 0 Å². The van der Waals surface area contributed by atoms with Gasteiger partial charge in [-0.1, -0.05) is 18.2 Å². The van der Waals surface area contributed by atoms with Crippen molar-refractivity contribution in [1.82, 2.24) is 20.4 Å². The molecule has 24 heavy (non-hydrogen) atoms. The van der Waals surface area contributed by atoms with Crippen molar-refractivity contribution in [1.29, 1.82) is 0 Å². The van der Waals surface area contributed by atoms with Crippen LogP contribution in [0.5, 0.6) is 0 Å². The fourth-order valence-corrected chi connectivity index (χ4v) is 3.64. The summed E-state index contributed by atoms with van der Waals surface area (Å²) < 4.78 is 1.91. The van der Waals surface area contributed by atoms with Gasteiger partial charge in [0, 0.05) is 36.8 Å². The summed E-state index contributed by atoms with van der Waals surface area (Å²) in [5, 5.41) is 20.5. The van der Waals surface area contributed by atoms with Crippen molar-refractivity contribution >= 4 is 5.91 Å². The Morgan fingerprint density at radius 1 is 1.29 bits per heavy atom. The molecule has 1 aromatic carbocycles. The molecule has 0 spiro atoms. The number of nitrogens with zero attached hydrogens (tertiary/aromatic N) is 2. The number of amides is 1. The molecule has 1 saturated heterocycles. The minimum absolute atomic E-state index is 0.0678. The summed E-state index contributed by atoms with van der Waals surface area (Å²) in [5.41, 5.74) is 3.74. The molecule has 2 aliphatic rings. The molecular weight excluding hydrogens is 304 g/mol. The number of carbonyl (C=O) groups is 1. The first-order chi connectivity index (χ1) is 11.7. The van der Waals surface area contributed by atoms with Crippen molar-refractivity contribution in [2.24, 2.45) is 5.92 Å². The van der Waals surface area contributed by atoms with Crippen LogP contribution >= 0.6 is 0 Å². The van der Waals surface area contributed by atoms with Crippen molar-refractivity contribution in [2.45, 2.75) is 25.4 Å². The summed E-state index contributed by atoms with van der Waals surface area (Å²) in [6.07, 6.45) is 2.53. The molecule has 6 heteroatoms. The molecule has 1 fully saturated rings. The van der Waals surface area contributed by atoms with Crippen molar-refractivity contribution in [2.75, 3.05) is 19.6 Å². The van der Waals surface area contributed by atoms with Crippen molar-refractivity contribution < 1.29 is 9.90 Å². The van der Waals surface area contributed by atoms with Gasteiger partial charge < -0.3 is 15.7 Å². The van der Waals surface area contributed by atoms with E-state index in [-0.39, 0.29) is 11.8 Å². The number of benzene rings is 1. The fraction of sp³-hybridized carbons (Fsp3) is 0.444. The molecule has 0 bridgehead atoms. The van der Waals surface area contributed by atoms with E-state index in [2.05, 4.69) is 15.7 Å². The van der Waals surface area contributed by atoms with E-state index in [0.717, 1.165) is 42.8 Å². The Hall–Kier alpha value is -2.18. The number of aromatic nitrogens is 2. The zero-order valence-electron chi connectivity index (χ0n) is 13.5. The van der Waals surface area contributed by atoms with E-state index in [1.54, 1.807) is 0 Å². The molecule has 0 saturated carbocycles. The third-order valence-electron chi connectivity index (χ3n) is 4.98. The number of β-amino-alcohol motifs (C(OH)–C–C–N with tert-alkyl or cyclic N) is 1. The van der Waals surface area contributed by atoms with E-state index in [9.17, 15) is 9.90 Å². The maximum Gasteiger partial charge on any atom is 0.272 e. The minimum Gasteiger partial charge on any atom is -0.391 e. The second-order valence-corrected chi connectivity index (χ2v) is 6.57. The van der Waals surface area contributed by atoms with Crippen LogP contribution in [0.2, 0.25) is 0 Å². The zero-order chi connectivity index (χ0) is 16.5. The van der Waals surface area contributed by atoms with E-state index < -0.39 is 6.10 Å². The first-order valence-corrected chi connectivity index (χ1v) is 8.57. The number of nitrogens with one attached hydrogen (secondary N) is 2. The lowest BCUT2D eigenvalue weighted by Crippen LogP contribution is -2.34. The second kappa shape index (κ2) is 6.37. The van der Waals surface area contributed by atoms with E-state index in [0.29, 0.717) is 18.8 Å². The second-order valence-electron chi connectivity index (χ2n) is 6.57. The normalized spacial score (nSPS) is 22.5. The van der Waals surface area contributed by atoms with Crippen LogP contribution in [0, 0.1) is 5.92 Å². The summed E-state index contributed by atoms with van der Waals surface area (Å²) >= 11 is 0. The van der Waals surface area contributed by atoms with Crippen LogP contribution in [0.1, 0.15) is 28.2 Å². The van der Waals surface area contributed by atoms with Gasteiger partial charge in [0.1, 0.15) is 0 Å². The highest BCUT2D eigenvalue weighted by Gasteiger charge is 2.29. The van der Waals surface area contributed by atoms with Crippen LogP contribution < -0.4 is 10.6 Å². The average molecular weight is 326 g/mol. The summed E-state index contributed by atoms with van der Waals surface area (Å²) in [4.78, 5) is 12.6. The average Bonchev–Trinajstić information content (AvgIpc) is 3.30. The number of fused-ring (bicyclic) bond motifs is 1. The molecule has 126 valence electrons. The molecule has 2 unspecified atom stereocenters. The summed E-state index contributed by atoms with van der Waals surface area (Å²) in [6, 6.07) is 9.95. The first kappa shape index (κ1) is 15.4. The third-order valence-corrected chi connectivity index (χ3v) is 4.98. The monoisotopic (exact) mass is 326 g/mol. The Morgan fingerprint density at radius 2 is 2.12 bits per heavy atom. The number of aliphatic hydroxyl groups is 1.